The van der Waals surface area contributed by atoms with Gasteiger partial charge in [-0.2, -0.15) is 0 Å². The smallest absolute Gasteiger partial charge is 0.333 e. The van der Waals surface area contributed by atoms with Gasteiger partial charge in [0.1, 0.15) is 11.5 Å². The minimum Gasteiger partial charge on any atom is -0.507 e. The number of carbonyl (C=O) groups is 1. The highest BCUT2D eigenvalue weighted by Crippen LogP contribution is 2.32. The van der Waals surface area contributed by atoms with Crippen LogP contribution in [0.5, 0.6) is 11.5 Å². The first kappa shape index (κ1) is 26.5. The van der Waals surface area contributed by atoms with E-state index in [1.165, 1.54) is 0 Å². The van der Waals surface area contributed by atoms with Crippen LogP contribution in [0.2, 0.25) is 0 Å². The standard InChI is InChI=1S/C31H31N3O4/c1-22(2)31(36)38-20-12-4-3-11-19-37-25-17-18-26(27(35)21-25)30-33-28(23-13-7-5-8-14-23)32-29(34-30)24-15-9-6-10-16-24/h5-10,13-18,21,35H,1,3-4,11-12,19-20H2,2H3. The summed E-state index contributed by atoms with van der Waals surface area (Å²) in [5, 5.41) is 10.8. The summed E-state index contributed by atoms with van der Waals surface area (Å²) in [6, 6.07) is 24.5. The quantitative estimate of drug-likeness (QED) is 0.130. The summed E-state index contributed by atoms with van der Waals surface area (Å²) in [4.78, 5) is 25.4. The third kappa shape index (κ3) is 7.26. The number of carbonyl (C=O) groups excluding carboxylic acids is 1. The Balaban J connectivity index is 1.41. The topological polar surface area (TPSA) is 94.4 Å². The van der Waals surface area contributed by atoms with E-state index in [1.807, 2.05) is 60.7 Å². The normalized spacial score (nSPS) is 10.7. The second-order valence-corrected chi connectivity index (χ2v) is 8.90. The maximum atomic E-state index is 11.4. The molecule has 0 amide bonds. The van der Waals surface area contributed by atoms with E-state index in [0.29, 0.717) is 47.6 Å². The summed E-state index contributed by atoms with van der Waals surface area (Å²) in [6.07, 6.45) is 3.54. The summed E-state index contributed by atoms with van der Waals surface area (Å²) in [7, 11) is 0. The molecule has 1 aromatic heterocycles. The van der Waals surface area contributed by atoms with E-state index in [1.54, 1.807) is 25.1 Å². The number of hydrogen-bond donors (Lipinski definition) is 1. The molecule has 38 heavy (non-hydrogen) atoms. The van der Waals surface area contributed by atoms with E-state index in [-0.39, 0.29) is 11.7 Å². The zero-order chi connectivity index (χ0) is 26.7. The van der Waals surface area contributed by atoms with Gasteiger partial charge in [0.15, 0.2) is 17.5 Å². The summed E-state index contributed by atoms with van der Waals surface area (Å²) in [5.41, 5.74) is 2.64. The molecule has 0 spiro atoms. The lowest BCUT2D eigenvalue weighted by Gasteiger charge is -2.11. The Morgan fingerprint density at radius 2 is 1.32 bits per heavy atom. The second kappa shape index (κ2) is 13.1. The lowest BCUT2D eigenvalue weighted by molar-refractivity contribution is -0.139. The third-order valence-corrected chi connectivity index (χ3v) is 5.80. The SMILES string of the molecule is C=C(C)C(=O)OCCCCCCOc1ccc(-c2nc(-c3ccccc3)nc(-c3ccccc3)n2)c(O)c1. The number of ether oxygens (including phenoxy) is 2. The van der Waals surface area contributed by atoms with Crippen LogP contribution in [0.3, 0.4) is 0 Å². The Labute approximate surface area is 222 Å². The van der Waals surface area contributed by atoms with Crippen LogP contribution in [0, 0.1) is 0 Å². The number of rotatable bonds is 12. The zero-order valence-electron chi connectivity index (χ0n) is 21.5. The van der Waals surface area contributed by atoms with Crippen LogP contribution in [-0.4, -0.2) is 39.2 Å². The first-order chi connectivity index (χ1) is 18.5. The van der Waals surface area contributed by atoms with Gasteiger partial charge in [-0.1, -0.05) is 67.2 Å². The van der Waals surface area contributed by atoms with Crippen molar-refractivity contribution in [1.82, 2.24) is 15.0 Å². The van der Waals surface area contributed by atoms with Crippen molar-refractivity contribution in [3.63, 3.8) is 0 Å². The second-order valence-electron chi connectivity index (χ2n) is 8.90. The molecular formula is C31H31N3O4. The Morgan fingerprint density at radius 3 is 1.87 bits per heavy atom. The minimum atomic E-state index is -0.346. The summed E-state index contributed by atoms with van der Waals surface area (Å²) < 4.78 is 10.9. The fraction of sp³-hybridized carbons (Fsp3) is 0.226. The summed E-state index contributed by atoms with van der Waals surface area (Å²) in [5.74, 6) is 1.70. The van der Waals surface area contributed by atoms with Crippen LogP contribution in [-0.2, 0) is 9.53 Å². The molecule has 0 saturated heterocycles. The first-order valence-electron chi connectivity index (χ1n) is 12.7. The Kier molecular flexibility index (Phi) is 9.18. The van der Waals surface area contributed by atoms with Gasteiger partial charge in [-0.25, -0.2) is 19.7 Å². The number of nitrogens with zero attached hydrogens (tertiary/aromatic N) is 3. The molecule has 3 aromatic carbocycles. The van der Waals surface area contributed by atoms with Gasteiger partial charge in [0.2, 0.25) is 0 Å². The van der Waals surface area contributed by atoms with Gasteiger partial charge < -0.3 is 14.6 Å². The summed E-state index contributed by atoms with van der Waals surface area (Å²) >= 11 is 0. The molecule has 0 atom stereocenters. The first-order valence-corrected chi connectivity index (χ1v) is 12.7. The van der Waals surface area contributed by atoms with Gasteiger partial charge in [-0.3, -0.25) is 0 Å². The monoisotopic (exact) mass is 509 g/mol. The minimum absolute atomic E-state index is 0.0334. The molecule has 7 heteroatoms. The molecule has 7 nitrogen and oxygen atoms in total. The molecular weight excluding hydrogens is 478 g/mol. The highest BCUT2D eigenvalue weighted by molar-refractivity contribution is 5.86. The highest BCUT2D eigenvalue weighted by atomic mass is 16.5. The number of esters is 1. The van der Waals surface area contributed by atoms with E-state index in [0.717, 1.165) is 36.8 Å². The fourth-order valence-electron chi connectivity index (χ4n) is 3.76. The molecule has 0 aliphatic carbocycles. The molecule has 1 N–H and O–H groups in total. The lowest BCUT2D eigenvalue weighted by Crippen LogP contribution is -2.06. The highest BCUT2D eigenvalue weighted by Gasteiger charge is 2.15. The maximum Gasteiger partial charge on any atom is 0.333 e. The zero-order valence-corrected chi connectivity index (χ0v) is 21.5. The van der Waals surface area contributed by atoms with E-state index < -0.39 is 0 Å². The van der Waals surface area contributed by atoms with E-state index >= 15 is 0 Å². The van der Waals surface area contributed by atoms with Gasteiger partial charge in [-0.15, -0.1) is 0 Å². The third-order valence-electron chi connectivity index (χ3n) is 5.80. The summed E-state index contributed by atoms with van der Waals surface area (Å²) in [6.45, 7) is 6.12. The van der Waals surface area contributed by atoms with Crippen molar-refractivity contribution in [3.05, 3.63) is 91.0 Å². The van der Waals surface area contributed by atoms with Gasteiger partial charge in [-0.05, 0) is 44.7 Å². The number of aromatic nitrogens is 3. The molecule has 0 radical (unpaired) electrons. The van der Waals surface area contributed by atoms with Gasteiger partial charge in [0.05, 0.1) is 18.8 Å². The number of phenols is 1. The average Bonchev–Trinajstić information content (AvgIpc) is 2.95. The van der Waals surface area contributed by atoms with Crippen molar-refractivity contribution in [3.8, 4) is 45.7 Å². The number of unbranched alkanes of at least 4 members (excludes halogenated alkanes) is 3. The van der Waals surface area contributed by atoms with Crippen LogP contribution in [0.15, 0.2) is 91.0 Å². The van der Waals surface area contributed by atoms with E-state index in [2.05, 4.69) is 21.5 Å². The molecule has 4 aromatic rings. The van der Waals surface area contributed by atoms with Gasteiger partial charge in [0.25, 0.3) is 0 Å². The Hall–Kier alpha value is -4.52. The van der Waals surface area contributed by atoms with Crippen LogP contribution in [0.4, 0.5) is 0 Å². The van der Waals surface area contributed by atoms with Gasteiger partial charge in [0, 0.05) is 22.8 Å². The number of phenolic OH excluding ortho intramolecular Hbond substituents is 1. The maximum absolute atomic E-state index is 11.4. The van der Waals surface area contributed by atoms with E-state index in [9.17, 15) is 9.90 Å². The predicted molar refractivity (Wildman–Crippen MR) is 148 cm³/mol. The Morgan fingerprint density at radius 1 is 0.763 bits per heavy atom. The number of hydrogen-bond acceptors (Lipinski definition) is 7. The van der Waals surface area contributed by atoms with Crippen LogP contribution >= 0.6 is 0 Å². The molecule has 0 fully saturated rings. The van der Waals surface area contributed by atoms with Crippen molar-refractivity contribution in [1.29, 1.82) is 0 Å². The molecule has 194 valence electrons. The van der Waals surface area contributed by atoms with E-state index in [4.69, 9.17) is 9.47 Å². The van der Waals surface area contributed by atoms with Gasteiger partial charge >= 0.3 is 5.97 Å². The molecule has 0 aliphatic rings. The Bertz CT molecular complexity index is 1320. The van der Waals surface area contributed by atoms with Crippen molar-refractivity contribution < 1.29 is 19.4 Å². The van der Waals surface area contributed by atoms with Crippen LogP contribution < -0.4 is 4.74 Å². The number of aromatic hydroxyl groups is 1. The average molecular weight is 510 g/mol. The molecule has 0 bridgehead atoms. The molecule has 4 rings (SSSR count). The molecule has 0 unspecified atom stereocenters. The largest absolute Gasteiger partial charge is 0.507 e. The molecule has 1 heterocycles. The lowest BCUT2D eigenvalue weighted by atomic mass is 10.1. The van der Waals surface area contributed by atoms with Crippen molar-refractivity contribution in [2.45, 2.75) is 32.6 Å². The van der Waals surface area contributed by atoms with Crippen molar-refractivity contribution in [2.75, 3.05) is 13.2 Å². The fourth-order valence-corrected chi connectivity index (χ4v) is 3.76. The van der Waals surface area contributed by atoms with Crippen molar-refractivity contribution in [2.24, 2.45) is 0 Å². The van der Waals surface area contributed by atoms with Crippen LogP contribution in [0.25, 0.3) is 34.2 Å². The van der Waals surface area contributed by atoms with Crippen LogP contribution in [0.1, 0.15) is 32.6 Å². The molecule has 0 aliphatic heterocycles. The molecule has 0 saturated carbocycles. The number of benzene rings is 3. The predicted octanol–water partition coefficient (Wildman–Crippen LogP) is 6.64. The van der Waals surface area contributed by atoms with Crippen molar-refractivity contribution >= 4 is 5.97 Å².